The zero-order valence-corrected chi connectivity index (χ0v) is 30.1. The number of ether oxygens (including phenoxy) is 4. The Labute approximate surface area is 325 Å². The van der Waals surface area contributed by atoms with Crippen molar-refractivity contribution in [2.75, 3.05) is 34.1 Å². The first kappa shape index (κ1) is 58.0. The molecule has 0 heterocycles. The van der Waals surface area contributed by atoms with Crippen LogP contribution in [0.25, 0.3) is 0 Å². The quantitative estimate of drug-likeness (QED) is 0.127. The molecule has 2 atom stereocenters. The molecular weight excluding hydrogens is 931 g/mol. The van der Waals surface area contributed by atoms with E-state index in [4.69, 9.17) is 0 Å². The molecule has 0 saturated heterocycles. The van der Waals surface area contributed by atoms with Crippen LogP contribution in [-0.2, 0) is 30.1 Å². The maximum absolute atomic E-state index is 14.4. The van der Waals surface area contributed by atoms with E-state index in [2.05, 4.69) is 18.9 Å². The van der Waals surface area contributed by atoms with Gasteiger partial charge in [-0.25, -0.2) is 0 Å². The molecule has 0 fully saturated rings. The first-order valence-electron chi connectivity index (χ1n) is 15.6. The van der Waals surface area contributed by atoms with Crippen molar-refractivity contribution in [2.24, 2.45) is 0 Å². The number of aliphatic hydroxyl groups is 2. The molecule has 0 radical (unpaired) electrons. The van der Waals surface area contributed by atoms with Crippen LogP contribution in [0.5, 0.6) is 0 Å². The van der Waals surface area contributed by atoms with Gasteiger partial charge in [-0.15, -0.1) is 0 Å². The third-order valence-electron chi connectivity index (χ3n) is 8.09. The van der Waals surface area contributed by atoms with Gasteiger partial charge in [0.1, 0.15) is 6.10 Å². The summed E-state index contributed by atoms with van der Waals surface area (Å²) in [6, 6.07) is -2.13. The average molecular weight is 961 g/mol. The summed E-state index contributed by atoms with van der Waals surface area (Å²) in [5, 5.41) is 19.5. The van der Waals surface area contributed by atoms with Crippen LogP contribution in [-0.4, -0.2) is 117 Å². The van der Waals surface area contributed by atoms with Crippen molar-refractivity contribution in [3.05, 3.63) is 47.5 Å². The molecule has 31 heteroatoms. The van der Waals surface area contributed by atoms with Gasteiger partial charge in [-0.2, -0.15) is 105 Å². The number of hydrogen-bond donors (Lipinski definition) is 2. The Kier molecular flexibility index (Phi) is 18.4. The fourth-order valence-corrected chi connectivity index (χ4v) is 4.93. The zero-order valence-electron chi connectivity index (χ0n) is 30.1. The highest BCUT2D eigenvalue weighted by Crippen LogP contribution is 2.57. The van der Waals surface area contributed by atoms with Crippen LogP contribution in [0.4, 0.5) is 110 Å². The minimum Gasteiger partial charge on any atom is -0.391 e. The smallest absolute Gasteiger partial charge is 0.391 e. The van der Waals surface area contributed by atoms with E-state index in [1.807, 2.05) is 0 Å². The minimum atomic E-state index is -7.12. The van der Waals surface area contributed by atoms with Gasteiger partial charge in [0.25, 0.3) is 22.4 Å². The normalized spacial score (nSPS) is 16.1. The first-order valence-corrected chi connectivity index (χ1v) is 15.6. The van der Waals surface area contributed by atoms with E-state index in [0.717, 1.165) is 6.92 Å². The highest BCUT2D eigenvalue weighted by Gasteiger charge is 2.77. The van der Waals surface area contributed by atoms with Gasteiger partial charge in [-0.05, 0) is 18.6 Å². The molecule has 0 spiro atoms. The summed E-state index contributed by atoms with van der Waals surface area (Å²) >= 11 is 0. The molecule has 360 valence electrons. The molecule has 2 unspecified atom stereocenters. The summed E-state index contributed by atoms with van der Waals surface area (Å²) in [6.07, 6.45) is -67.2. The van der Waals surface area contributed by atoms with Crippen LogP contribution in [0.3, 0.4) is 0 Å². The van der Waals surface area contributed by atoms with E-state index in [0.29, 0.717) is 7.18 Å². The second-order valence-corrected chi connectivity index (χ2v) is 11.9. The van der Waals surface area contributed by atoms with E-state index >= 15 is 0 Å². The van der Waals surface area contributed by atoms with Gasteiger partial charge in [-0.3, -0.25) is 4.39 Å². The number of halogens is 25. The van der Waals surface area contributed by atoms with Gasteiger partial charge >= 0.3 is 49.4 Å². The van der Waals surface area contributed by atoms with Crippen molar-refractivity contribution in [3.8, 4) is 0 Å². The molecule has 61 heavy (non-hydrogen) atoms. The van der Waals surface area contributed by atoms with Crippen LogP contribution in [0.15, 0.2) is 36.4 Å². The van der Waals surface area contributed by atoms with Crippen LogP contribution < -0.4 is 0 Å². The molecule has 0 aromatic heterocycles. The molecule has 1 aromatic rings. The van der Waals surface area contributed by atoms with Gasteiger partial charge in [0.2, 0.25) is 0 Å². The van der Waals surface area contributed by atoms with Crippen molar-refractivity contribution in [3.63, 3.8) is 0 Å². The predicted octanol–water partition coefficient (Wildman–Crippen LogP) is 10.4. The zero-order chi connectivity index (χ0) is 48.9. The standard InChI is InChI=1S/C29H26F24O6.CH3F/c1-3-16(54)11-58-20(26(42,43)44,27(45,46)47)14-6-4-7-15(10-14)21(28(48,49)50,29(51,52)53)59-13-17(55)12-57-19(24(36,37)38,25(39,40)41)9-5-8-18(56-2,22(30,31)32)23(33,34)35;1-2/h4-8,10,16-17,54-55H,3,9,11-13H2,1-2H3;1H3/b8-5+;. The molecular formula is C30H29F25O6. The largest absolute Gasteiger partial charge is 0.430 e. The van der Waals surface area contributed by atoms with Gasteiger partial charge in [-0.1, -0.05) is 31.2 Å². The SMILES string of the molecule is CCC(O)COC(c1cccc(C(OCC(O)COC(C/C=C/C(OC)(C(F)(F)F)C(F)(F)F)(C(F)(F)F)C(F)(F)F)(C(F)(F)F)C(F)(F)F)c1)(C(F)(F)F)C(F)(F)F.CF. The van der Waals surface area contributed by atoms with Crippen molar-refractivity contribution in [2.45, 2.75) is 104 Å². The Morgan fingerprint density at radius 3 is 1.11 bits per heavy atom. The second-order valence-electron chi connectivity index (χ2n) is 11.9. The highest BCUT2D eigenvalue weighted by molar-refractivity contribution is 5.37. The summed E-state index contributed by atoms with van der Waals surface area (Å²) in [5.41, 5.74) is -29.0. The molecule has 0 aliphatic carbocycles. The van der Waals surface area contributed by atoms with Crippen LogP contribution >= 0.6 is 0 Å². The summed E-state index contributed by atoms with van der Waals surface area (Å²) < 4.78 is 358. The Morgan fingerprint density at radius 2 is 0.836 bits per heavy atom. The van der Waals surface area contributed by atoms with Gasteiger partial charge in [0, 0.05) is 24.7 Å². The predicted molar refractivity (Wildman–Crippen MR) is 152 cm³/mol. The Balaban J connectivity index is 0.0000177. The molecule has 1 rings (SSSR count). The van der Waals surface area contributed by atoms with E-state index in [1.54, 1.807) is 0 Å². The molecule has 0 saturated carbocycles. The number of methoxy groups -OCH3 is 1. The van der Waals surface area contributed by atoms with Gasteiger partial charge < -0.3 is 29.2 Å². The van der Waals surface area contributed by atoms with E-state index in [9.17, 15) is 120 Å². The molecule has 0 aliphatic heterocycles. The van der Waals surface area contributed by atoms with Crippen LogP contribution in [0, 0.1) is 0 Å². The summed E-state index contributed by atoms with van der Waals surface area (Å²) in [4.78, 5) is 0. The Morgan fingerprint density at radius 1 is 0.508 bits per heavy atom. The molecule has 0 amide bonds. The maximum Gasteiger partial charge on any atom is 0.430 e. The molecule has 1 aromatic carbocycles. The van der Waals surface area contributed by atoms with Gasteiger partial charge in [0.05, 0.1) is 33.1 Å². The number of alkyl halides is 25. The third kappa shape index (κ3) is 11.6. The van der Waals surface area contributed by atoms with E-state index in [1.165, 1.54) is 0 Å². The summed E-state index contributed by atoms with van der Waals surface area (Å²) in [7, 11) is 0.173. The molecule has 0 aliphatic rings. The van der Waals surface area contributed by atoms with Crippen LogP contribution in [0.1, 0.15) is 30.9 Å². The van der Waals surface area contributed by atoms with Crippen molar-refractivity contribution in [1.82, 2.24) is 0 Å². The van der Waals surface area contributed by atoms with Gasteiger partial charge in [0.15, 0.2) is 0 Å². The number of aliphatic hydroxyl groups excluding tert-OH is 2. The van der Waals surface area contributed by atoms with E-state index < -0.39 is 152 Å². The van der Waals surface area contributed by atoms with Crippen molar-refractivity contribution < 1.29 is 139 Å². The average Bonchev–Trinajstić information content (AvgIpc) is 3.04. The lowest BCUT2D eigenvalue weighted by atomic mass is 9.85. The second kappa shape index (κ2) is 19.4. The third-order valence-corrected chi connectivity index (χ3v) is 8.09. The van der Waals surface area contributed by atoms with Crippen molar-refractivity contribution in [1.29, 1.82) is 0 Å². The fourth-order valence-electron chi connectivity index (χ4n) is 4.93. The van der Waals surface area contributed by atoms with Crippen molar-refractivity contribution >= 4 is 0 Å². The molecule has 0 bridgehead atoms. The number of benzene rings is 1. The lowest BCUT2D eigenvalue weighted by Crippen LogP contribution is -2.60. The van der Waals surface area contributed by atoms with E-state index in [-0.39, 0.29) is 19.2 Å². The Hall–Kier alpha value is -3.03. The topological polar surface area (TPSA) is 77.4 Å². The summed E-state index contributed by atoms with van der Waals surface area (Å²) in [5.74, 6) is 0. The number of hydrogen-bond acceptors (Lipinski definition) is 6. The summed E-state index contributed by atoms with van der Waals surface area (Å²) in [6.45, 7) is -6.55. The fraction of sp³-hybridized carbons (Fsp3) is 0.733. The molecule has 2 N–H and O–H groups in total. The van der Waals surface area contributed by atoms with Crippen LogP contribution in [0.2, 0.25) is 0 Å². The monoisotopic (exact) mass is 960 g/mol. The lowest BCUT2D eigenvalue weighted by molar-refractivity contribution is -0.397. The molecule has 6 nitrogen and oxygen atoms in total. The minimum absolute atomic E-state index is 0.268. The first-order chi connectivity index (χ1) is 27.0. The highest BCUT2D eigenvalue weighted by atomic mass is 19.4. The number of rotatable bonds is 16. The lowest BCUT2D eigenvalue weighted by Gasteiger charge is -2.41. The maximum atomic E-state index is 14.4. The Bertz CT molecular complexity index is 1480.